The number of aliphatic imine (C=N–C) groups is 1. The van der Waals surface area contributed by atoms with Crippen LogP contribution in [0.2, 0.25) is 5.02 Å². The Bertz CT molecular complexity index is 1410. The number of aromatic nitrogens is 2. The van der Waals surface area contributed by atoms with Gasteiger partial charge in [0.1, 0.15) is 12.3 Å². The lowest BCUT2D eigenvalue weighted by molar-refractivity contribution is -0.134. The van der Waals surface area contributed by atoms with E-state index < -0.39 is 6.04 Å². The van der Waals surface area contributed by atoms with Gasteiger partial charge >= 0.3 is 0 Å². The van der Waals surface area contributed by atoms with Gasteiger partial charge in [0.2, 0.25) is 0 Å². The summed E-state index contributed by atoms with van der Waals surface area (Å²) < 4.78 is 7.34. The number of pyridine rings is 1. The molecule has 0 spiro atoms. The van der Waals surface area contributed by atoms with E-state index in [-0.39, 0.29) is 5.91 Å². The summed E-state index contributed by atoms with van der Waals surface area (Å²) in [5, 5.41) is 0.702. The minimum absolute atomic E-state index is 0.0487. The molecule has 0 saturated carbocycles. The Morgan fingerprint density at radius 2 is 1.67 bits per heavy atom. The first-order valence-electron chi connectivity index (χ1n) is 12.1. The lowest BCUT2D eigenvalue weighted by Crippen LogP contribution is -2.51. The highest BCUT2D eigenvalue weighted by molar-refractivity contribution is 6.30. The zero-order valence-electron chi connectivity index (χ0n) is 19.8. The highest BCUT2D eigenvalue weighted by atomic mass is 35.5. The van der Waals surface area contributed by atoms with Crippen LogP contribution in [0.1, 0.15) is 5.69 Å². The smallest absolute Gasteiger partial charge is 0.251 e. The molecule has 1 atom stereocenters. The van der Waals surface area contributed by atoms with Gasteiger partial charge in [0.15, 0.2) is 12.4 Å². The van der Waals surface area contributed by atoms with E-state index in [9.17, 15) is 4.79 Å². The summed E-state index contributed by atoms with van der Waals surface area (Å²) in [6, 6.07) is 22.0. The second kappa shape index (κ2) is 9.76. The maximum absolute atomic E-state index is 12.7. The topological polar surface area (TPSA) is 62.4 Å². The summed E-state index contributed by atoms with van der Waals surface area (Å²) in [4.78, 5) is 26.2. The van der Waals surface area contributed by atoms with E-state index in [1.165, 1.54) is 6.40 Å². The van der Waals surface area contributed by atoms with Crippen molar-refractivity contribution in [2.75, 3.05) is 32.8 Å². The molecule has 0 N–H and O–H groups in total. The maximum atomic E-state index is 12.7. The van der Waals surface area contributed by atoms with E-state index in [1.807, 2.05) is 35.2 Å². The molecule has 1 amide bonds. The van der Waals surface area contributed by atoms with Crippen molar-refractivity contribution in [2.45, 2.75) is 12.6 Å². The standard InChI is InChI=1S/C28H26ClN5O2/c29-23-9-6-21(7-10-23)27-25(17-32-12-14-33(15-13-32)28(35)24-18-36-19-30-24)34-16-22(8-11-26(34)31-27)20-4-2-1-3-5-20/h1-11,16,19,24H,12-15,17-18H2. The van der Waals surface area contributed by atoms with Crippen molar-refractivity contribution in [3.63, 3.8) is 0 Å². The molecule has 2 aliphatic rings. The molecule has 2 aromatic heterocycles. The van der Waals surface area contributed by atoms with Crippen molar-refractivity contribution in [2.24, 2.45) is 4.99 Å². The number of hydrogen-bond acceptors (Lipinski definition) is 5. The van der Waals surface area contributed by atoms with Crippen LogP contribution in [-0.2, 0) is 16.1 Å². The minimum Gasteiger partial charge on any atom is -0.481 e. The number of halogens is 1. The fourth-order valence-corrected chi connectivity index (χ4v) is 4.99. The lowest BCUT2D eigenvalue weighted by atomic mass is 10.1. The van der Waals surface area contributed by atoms with Crippen LogP contribution in [0.4, 0.5) is 0 Å². The third-order valence-electron chi connectivity index (χ3n) is 6.85. The van der Waals surface area contributed by atoms with Gasteiger partial charge < -0.3 is 14.0 Å². The minimum atomic E-state index is -0.400. The van der Waals surface area contributed by atoms with Crippen LogP contribution in [0.5, 0.6) is 0 Å². The molecule has 0 bridgehead atoms. The van der Waals surface area contributed by atoms with Gasteiger partial charge in [0.05, 0.1) is 11.4 Å². The third-order valence-corrected chi connectivity index (χ3v) is 7.11. The number of rotatable bonds is 5. The molecule has 6 rings (SSSR count). The molecule has 8 heteroatoms. The van der Waals surface area contributed by atoms with E-state index in [1.54, 1.807) is 0 Å². The fraction of sp³-hybridized carbons (Fsp3) is 0.250. The van der Waals surface area contributed by atoms with Crippen LogP contribution >= 0.6 is 11.6 Å². The Morgan fingerprint density at radius 3 is 2.39 bits per heavy atom. The zero-order chi connectivity index (χ0) is 24.5. The Morgan fingerprint density at radius 1 is 0.917 bits per heavy atom. The number of hydrogen-bond donors (Lipinski definition) is 0. The van der Waals surface area contributed by atoms with E-state index in [2.05, 4.69) is 56.9 Å². The van der Waals surface area contributed by atoms with Crippen LogP contribution in [0.15, 0.2) is 77.9 Å². The van der Waals surface area contributed by atoms with E-state index >= 15 is 0 Å². The van der Waals surface area contributed by atoms with E-state index in [4.69, 9.17) is 21.3 Å². The van der Waals surface area contributed by atoms with Crippen LogP contribution in [0.3, 0.4) is 0 Å². The second-order valence-electron chi connectivity index (χ2n) is 9.13. The van der Waals surface area contributed by atoms with Gasteiger partial charge in [-0.15, -0.1) is 0 Å². The molecule has 1 fully saturated rings. The summed E-state index contributed by atoms with van der Waals surface area (Å²) in [6.45, 7) is 3.99. The van der Waals surface area contributed by atoms with Gasteiger partial charge in [-0.25, -0.2) is 9.98 Å². The van der Waals surface area contributed by atoms with Gasteiger partial charge in [-0.05, 0) is 35.4 Å². The maximum Gasteiger partial charge on any atom is 0.251 e. The Balaban J connectivity index is 1.30. The monoisotopic (exact) mass is 499 g/mol. The molecule has 1 unspecified atom stereocenters. The molecular formula is C28H26ClN5O2. The lowest BCUT2D eigenvalue weighted by Gasteiger charge is -2.35. The van der Waals surface area contributed by atoms with Gasteiger partial charge in [-0.3, -0.25) is 9.69 Å². The summed E-state index contributed by atoms with van der Waals surface area (Å²) in [7, 11) is 0. The number of imidazole rings is 1. The number of amides is 1. The van der Waals surface area contributed by atoms with E-state index in [0.29, 0.717) is 24.7 Å². The predicted molar refractivity (Wildman–Crippen MR) is 141 cm³/mol. The van der Waals surface area contributed by atoms with Crippen molar-refractivity contribution < 1.29 is 9.53 Å². The first kappa shape index (κ1) is 22.8. The second-order valence-corrected chi connectivity index (χ2v) is 9.57. The molecule has 4 aromatic rings. The predicted octanol–water partition coefficient (Wildman–Crippen LogP) is 4.39. The SMILES string of the molecule is O=C(C1COC=N1)N1CCN(Cc2c(-c3ccc(Cl)cc3)nc3ccc(-c4ccccc4)cn23)CC1. The number of carbonyl (C=O) groups is 1. The van der Waals surface area contributed by atoms with Crippen LogP contribution < -0.4 is 0 Å². The summed E-state index contributed by atoms with van der Waals surface area (Å²) in [6.07, 6.45) is 3.55. The molecular weight excluding hydrogens is 474 g/mol. The highest BCUT2D eigenvalue weighted by Crippen LogP contribution is 2.29. The molecule has 0 radical (unpaired) electrons. The zero-order valence-corrected chi connectivity index (χ0v) is 20.5. The van der Waals surface area contributed by atoms with Crippen molar-refractivity contribution >= 4 is 29.6 Å². The van der Waals surface area contributed by atoms with Gasteiger partial charge in [0.25, 0.3) is 5.91 Å². The first-order valence-corrected chi connectivity index (χ1v) is 12.5. The first-order chi connectivity index (χ1) is 17.7. The largest absolute Gasteiger partial charge is 0.481 e. The number of piperazine rings is 1. The Hall–Kier alpha value is -3.68. The van der Waals surface area contributed by atoms with Crippen molar-refractivity contribution in [3.8, 4) is 22.4 Å². The number of carbonyl (C=O) groups excluding carboxylic acids is 1. The summed E-state index contributed by atoms with van der Waals surface area (Å²) >= 11 is 6.17. The molecule has 2 aliphatic heterocycles. The van der Waals surface area contributed by atoms with Crippen LogP contribution in [-0.4, -0.2) is 70.3 Å². The molecule has 0 aliphatic carbocycles. The quantitative estimate of drug-likeness (QED) is 0.408. The van der Waals surface area contributed by atoms with Crippen molar-refractivity contribution in [3.05, 3.63) is 83.6 Å². The van der Waals surface area contributed by atoms with Gasteiger partial charge in [0, 0.05) is 49.5 Å². The number of fused-ring (bicyclic) bond motifs is 1. The number of nitrogens with zero attached hydrogens (tertiary/aromatic N) is 5. The van der Waals surface area contributed by atoms with E-state index in [0.717, 1.165) is 53.4 Å². The molecule has 4 heterocycles. The molecule has 182 valence electrons. The van der Waals surface area contributed by atoms with Gasteiger partial charge in [-0.2, -0.15) is 0 Å². The molecule has 1 saturated heterocycles. The summed E-state index contributed by atoms with van der Waals surface area (Å²) in [5.41, 5.74) is 6.32. The number of benzene rings is 2. The fourth-order valence-electron chi connectivity index (χ4n) is 4.86. The Labute approximate surface area is 214 Å². The normalized spacial score (nSPS) is 18.0. The van der Waals surface area contributed by atoms with Gasteiger partial charge in [-0.1, -0.05) is 54.1 Å². The van der Waals surface area contributed by atoms with Crippen molar-refractivity contribution in [1.82, 2.24) is 19.2 Å². The third kappa shape index (κ3) is 4.47. The molecule has 2 aromatic carbocycles. The molecule has 36 heavy (non-hydrogen) atoms. The summed E-state index contributed by atoms with van der Waals surface area (Å²) in [5.74, 6) is 0.0487. The van der Waals surface area contributed by atoms with Crippen molar-refractivity contribution in [1.29, 1.82) is 0 Å². The Kier molecular flexibility index (Phi) is 6.17. The highest BCUT2D eigenvalue weighted by Gasteiger charge is 2.29. The van der Waals surface area contributed by atoms with Crippen LogP contribution in [0, 0.1) is 0 Å². The van der Waals surface area contributed by atoms with Crippen LogP contribution in [0.25, 0.3) is 28.0 Å². The average Bonchev–Trinajstić information content (AvgIpc) is 3.58. The number of ether oxygens (including phenoxy) is 1. The average molecular weight is 500 g/mol. The molecule has 7 nitrogen and oxygen atoms in total.